The summed E-state index contributed by atoms with van der Waals surface area (Å²) in [5, 5.41) is 3.15. The van der Waals surface area contributed by atoms with E-state index in [1.165, 1.54) is 0 Å². The maximum absolute atomic E-state index is 13.0. The number of ether oxygens (including phenoxy) is 1. The van der Waals surface area contributed by atoms with E-state index in [9.17, 15) is 14.4 Å². The third-order valence-corrected chi connectivity index (χ3v) is 5.70. The molecule has 0 saturated carbocycles. The van der Waals surface area contributed by atoms with Crippen molar-refractivity contribution in [2.45, 2.75) is 13.8 Å². The number of benzene rings is 3. The standard InChI is InChI=1S/C25H18Cl2N2O4/c1-14-5-3-4-6-20(14)33-25(32)16-7-10-18(11-8-16)28-22-21(27)23(30)29(24(22)31)19-12-9-17(26)13-15(19)2/h3-13,28H,1-2H3. The fraction of sp³-hybridized carbons (Fsp3) is 0.0800. The average molecular weight is 481 g/mol. The molecule has 1 aliphatic rings. The lowest BCUT2D eigenvalue weighted by Crippen LogP contribution is -2.32. The Morgan fingerprint density at radius 2 is 1.58 bits per heavy atom. The van der Waals surface area contributed by atoms with Crippen molar-refractivity contribution in [3.8, 4) is 5.75 Å². The Hall–Kier alpha value is -3.61. The molecule has 0 atom stereocenters. The molecule has 1 aliphatic heterocycles. The number of nitrogens with zero attached hydrogens (tertiary/aromatic N) is 1. The van der Waals surface area contributed by atoms with Crippen LogP contribution in [0.25, 0.3) is 0 Å². The fourth-order valence-corrected chi connectivity index (χ4v) is 3.80. The topological polar surface area (TPSA) is 75.7 Å². The summed E-state index contributed by atoms with van der Waals surface area (Å²) < 4.78 is 5.43. The maximum Gasteiger partial charge on any atom is 0.343 e. The number of carbonyl (C=O) groups is 3. The number of hydrogen-bond acceptors (Lipinski definition) is 5. The first-order valence-electron chi connectivity index (χ1n) is 9.96. The summed E-state index contributed by atoms with van der Waals surface area (Å²) in [4.78, 5) is 39.1. The van der Waals surface area contributed by atoms with Crippen molar-refractivity contribution in [2.24, 2.45) is 0 Å². The predicted octanol–water partition coefficient (Wildman–Crippen LogP) is 5.61. The molecule has 0 aliphatic carbocycles. The number of para-hydroxylation sites is 1. The molecule has 166 valence electrons. The van der Waals surface area contributed by atoms with Crippen molar-refractivity contribution in [2.75, 3.05) is 10.2 Å². The first-order valence-corrected chi connectivity index (χ1v) is 10.7. The van der Waals surface area contributed by atoms with Gasteiger partial charge in [-0.05, 0) is 73.5 Å². The van der Waals surface area contributed by atoms with Gasteiger partial charge in [0.1, 0.15) is 16.5 Å². The molecular weight excluding hydrogens is 463 g/mol. The Kier molecular flexibility index (Phi) is 6.22. The largest absolute Gasteiger partial charge is 0.423 e. The van der Waals surface area contributed by atoms with Gasteiger partial charge in [0.2, 0.25) is 0 Å². The molecule has 0 aromatic heterocycles. The number of imide groups is 1. The molecule has 1 heterocycles. The highest BCUT2D eigenvalue weighted by Gasteiger charge is 2.39. The van der Waals surface area contributed by atoms with Gasteiger partial charge in [0.05, 0.1) is 11.3 Å². The molecule has 0 unspecified atom stereocenters. The third kappa shape index (κ3) is 4.49. The number of halogens is 2. The SMILES string of the molecule is Cc1ccccc1OC(=O)c1ccc(NC2=C(Cl)C(=O)N(c3ccc(Cl)cc3C)C2=O)cc1. The Bertz CT molecular complexity index is 1320. The van der Waals surface area contributed by atoms with E-state index in [1.54, 1.807) is 61.5 Å². The molecule has 6 nitrogen and oxygen atoms in total. The van der Waals surface area contributed by atoms with Crippen LogP contribution in [-0.2, 0) is 9.59 Å². The van der Waals surface area contributed by atoms with Crippen LogP contribution in [0.1, 0.15) is 21.5 Å². The van der Waals surface area contributed by atoms with E-state index in [0.717, 1.165) is 10.5 Å². The minimum atomic E-state index is -0.631. The minimum Gasteiger partial charge on any atom is -0.423 e. The van der Waals surface area contributed by atoms with Gasteiger partial charge in [-0.1, -0.05) is 41.4 Å². The Labute approximate surface area is 200 Å². The second kappa shape index (κ2) is 9.10. The molecule has 0 saturated heterocycles. The quantitative estimate of drug-likeness (QED) is 0.291. The van der Waals surface area contributed by atoms with Crippen LogP contribution in [0.5, 0.6) is 5.75 Å². The molecule has 3 aromatic rings. The van der Waals surface area contributed by atoms with Crippen LogP contribution < -0.4 is 15.0 Å². The number of esters is 1. The van der Waals surface area contributed by atoms with E-state index >= 15 is 0 Å². The molecule has 0 radical (unpaired) electrons. The second-order valence-corrected chi connectivity index (χ2v) is 8.24. The molecule has 8 heteroatoms. The van der Waals surface area contributed by atoms with Gasteiger partial charge >= 0.3 is 5.97 Å². The Morgan fingerprint density at radius 3 is 2.24 bits per heavy atom. The summed E-state index contributed by atoms with van der Waals surface area (Å²) in [5.41, 5.74) is 2.66. The highest BCUT2D eigenvalue weighted by Crippen LogP contribution is 2.33. The summed E-state index contributed by atoms with van der Waals surface area (Å²) in [7, 11) is 0. The van der Waals surface area contributed by atoms with Crippen molar-refractivity contribution in [1.29, 1.82) is 0 Å². The van der Waals surface area contributed by atoms with Gasteiger partial charge in [0.25, 0.3) is 11.8 Å². The van der Waals surface area contributed by atoms with Gasteiger partial charge in [-0.2, -0.15) is 0 Å². The molecule has 1 N–H and O–H groups in total. The third-order valence-electron chi connectivity index (χ3n) is 5.11. The highest BCUT2D eigenvalue weighted by atomic mass is 35.5. The van der Waals surface area contributed by atoms with Crippen LogP contribution in [0.15, 0.2) is 77.5 Å². The van der Waals surface area contributed by atoms with Crippen molar-refractivity contribution in [3.05, 3.63) is 99.2 Å². The number of amides is 2. The summed E-state index contributed by atoms with van der Waals surface area (Å²) >= 11 is 12.2. The zero-order chi connectivity index (χ0) is 23.7. The molecule has 2 amide bonds. The molecule has 0 fully saturated rings. The Balaban J connectivity index is 1.50. The fourth-order valence-electron chi connectivity index (χ4n) is 3.36. The number of rotatable bonds is 5. The predicted molar refractivity (Wildman–Crippen MR) is 128 cm³/mol. The van der Waals surface area contributed by atoms with Crippen LogP contribution in [0.4, 0.5) is 11.4 Å². The number of hydrogen-bond donors (Lipinski definition) is 1. The summed E-state index contributed by atoms with van der Waals surface area (Å²) in [6.45, 7) is 3.59. The van der Waals surface area contributed by atoms with E-state index in [-0.39, 0.29) is 10.7 Å². The number of aryl methyl sites for hydroxylation is 2. The molecule has 0 bridgehead atoms. The summed E-state index contributed by atoms with van der Waals surface area (Å²) in [5.74, 6) is -1.25. The number of anilines is 2. The van der Waals surface area contributed by atoms with Gasteiger partial charge < -0.3 is 10.1 Å². The van der Waals surface area contributed by atoms with Crippen molar-refractivity contribution >= 4 is 52.4 Å². The zero-order valence-corrected chi connectivity index (χ0v) is 19.2. The van der Waals surface area contributed by atoms with Crippen molar-refractivity contribution < 1.29 is 19.1 Å². The summed E-state index contributed by atoms with van der Waals surface area (Å²) in [6, 6.07) is 18.4. The van der Waals surface area contributed by atoms with Gasteiger partial charge in [0.15, 0.2) is 0 Å². The molecule has 4 rings (SSSR count). The zero-order valence-electron chi connectivity index (χ0n) is 17.7. The van der Waals surface area contributed by atoms with E-state index in [4.69, 9.17) is 27.9 Å². The smallest absolute Gasteiger partial charge is 0.343 e. The van der Waals surface area contributed by atoms with E-state index in [2.05, 4.69) is 5.32 Å². The van der Waals surface area contributed by atoms with Gasteiger partial charge in [-0.25, -0.2) is 9.69 Å². The lowest BCUT2D eigenvalue weighted by molar-refractivity contribution is -0.120. The first-order chi connectivity index (χ1) is 15.8. The number of carbonyl (C=O) groups excluding carboxylic acids is 3. The number of nitrogens with one attached hydrogen (secondary N) is 1. The Morgan fingerprint density at radius 1 is 0.879 bits per heavy atom. The van der Waals surface area contributed by atoms with Crippen molar-refractivity contribution in [1.82, 2.24) is 0 Å². The second-order valence-electron chi connectivity index (χ2n) is 7.42. The van der Waals surface area contributed by atoms with Gasteiger partial charge in [0, 0.05) is 10.7 Å². The van der Waals surface area contributed by atoms with E-state index in [0.29, 0.717) is 33.3 Å². The van der Waals surface area contributed by atoms with Crippen LogP contribution in [0.2, 0.25) is 5.02 Å². The molecule has 0 spiro atoms. The van der Waals surface area contributed by atoms with Gasteiger partial charge in [-0.15, -0.1) is 0 Å². The molecular formula is C25H18Cl2N2O4. The van der Waals surface area contributed by atoms with Crippen molar-refractivity contribution in [3.63, 3.8) is 0 Å². The average Bonchev–Trinajstić information content (AvgIpc) is 2.99. The van der Waals surface area contributed by atoms with Crippen LogP contribution in [0, 0.1) is 13.8 Å². The monoisotopic (exact) mass is 480 g/mol. The van der Waals surface area contributed by atoms with Crippen LogP contribution in [0.3, 0.4) is 0 Å². The van der Waals surface area contributed by atoms with Gasteiger partial charge in [-0.3, -0.25) is 9.59 Å². The van der Waals surface area contributed by atoms with Crippen LogP contribution in [-0.4, -0.2) is 17.8 Å². The molecule has 33 heavy (non-hydrogen) atoms. The molecule has 3 aromatic carbocycles. The minimum absolute atomic E-state index is 0.0498. The van der Waals surface area contributed by atoms with Crippen LogP contribution >= 0.6 is 23.2 Å². The first kappa shape index (κ1) is 22.6. The highest BCUT2D eigenvalue weighted by molar-refractivity contribution is 6.53. The lowest BCUT2D eigenvalue weighted by atomic mass is 10.2. The lowest BCUT2D eigenvalue weighted by Gasteiger charge is -2.17. The maximum atomic E-state index is 13.0. The van der Waals surface area contributed by atoms with E-state index < -0.39 is 17.8 Å². The normalized spacial score (nSPS) is 13.5. The van der Waals surface area contributed by atoms with E-state index in [1.807, 2.05) is 19.1 Å². The summed E-state index contributed by atoms with van der Waals surface area (Å²) in [6.07, 6.45) is 0.